The Kier molecular flexibility index (Phi) is 2.42. The summed E-state index contributed by atoms with van der Waals surface area (Å²) in [6, 6.07) is 13.4. The van der Waals surface area contributed by atoms with Crippen LogP contribution in [0, 0.1) is 0 Å². The molecule has 0 bridgehead atoms. The standard InChI is InChI=1S/C17H13NO3/c19-16(20)17(7-8-17)12-5-6-13(18-10-12)15-9-11-3-1-2-4-14(11)21-15/h1-6,9-10H,7-8H2,(H,19,20). The van der Waals surface area contributed by atoms with E-state index in [0.717, 1.165) is 22.2 Å². The second-order valence-corrected chi connectivity index (χ2v) is 5.47. The van der Waals surface area contributed by atoms with Gasteiger partial charge in [-0.05, 0) is 36.6 Å². The lowest BCUT2D eigenvalue weighted by Gasteiger charge is -2.09. The number of benzene rings is 1. The van der Waals surface area contributed by atoms with Gasteiger partial charge >= 0.3 is 5.97 Å². The number of pyridine rings is 1. The number of aliphatic carboxylic acids is 1. The van der Waals surface area contributed by atoms with Crippen molar-refractivity contribution in [1.82, 2.24) is 4.98 Å². The van der Waals surface area contributed by atoms with Gasteiger partial charge < -0.3 is 9.52 Å². The topological polar surface area (TPSA) is 63.3 Å². The number of hydrogen-bond donors (Lipinski definition) is 1. The zero-order chi connectivity index (χ0) is 14.4. The van der Waals surface area contributed by atoms with Gasteiger partial charge in [0.2, 0.25) is 0 Å². The monoisotopic (exact) mass is 279 g/mol. The molecular weight excluding hydrogens is 266 g/mol. The van der Waals surface area contributed by atoms with Crippen molar-refractivity contribution in [2.75, 3.05) is 0 Å². The number of carboxylic acid groups (broad SMARTS) is 1. The molecule has 1 aromatic carbocycles. The molecular formula is C17H13NO3. The van der Waals surface area contributed by atoms with Crippen molar-refractivity contribution in [1.29, 1.82) is 0 Å². The molecule has 1 N–H and O–H groups in total. The van der Waals surface area contributed by atoms with Crippen LogP contribution in [-0.4, -0.2) is 16.1 Å². The van der Waals surface area contributed by atoms with Crippen LogP contribution in [-0.2, 0) is 10.2 Å². The number of rotatable bonds is 3. The first-order valence-corrected chi connectivity index (χ1v) is 6.88. The number of fused-ring (bicyclic) bond motifs is 1. The van der Waals surface area contributed by atoms with Gasteiger partial charge in [-0.25, -0.2) is 0 Å². The van der Waals surface area contributed by atoms with Crippen LogP contribution in [0.25, 0.3) is 22.4 Å². The first-order valence-electron chi connectivity index (χ1n) is 6.88. The van der Waals surface area contributed by atoms with Gasteiger partial charge in [-0.1, -0.05) is 24.3 Å². The van der Waals surface area contributed by atoms with E-state index in [2.05, 4.69) is 4.98 Å². The largest absolute Gasteiger partial charge is 0.481 e. The van der Waals surface area contributed by atoms with E-state index in [9.17, 15) is 9.90 Å². The Morgan fingerprint density at radius 2 is 2.00 bits per heavy atom. The number of aromatic nitrogens is 1. The minimum atomic E-state index is -0.763. The zero-order valence-electron chi connectivity index (χ0n) is 11.2. The third-order valence-corrected chi connectivity index (χ3v) is 4.15. The van der Waals surface area contributed by atoms with Gasteiger partial charge in [0.25, 0.3) is 0 Å². The van der Waals surface area contributed by atoms with E-state index in [-0.39, 0.29) is 0 Å². The van der Waals surface area contributed by atoms with Crippen LogP contribution in [0.5, 0.6) is 0 Å². The molecule has 1 aliphatic rings. The van der Waals surface area contributed by atoms with E-state index in [0.29, 0.717) is 18.6 Å². The summed E-state index contributed by atoms with van der Waals surface area (Å²) in [4.78, 5) is 15.7. The van der Waals surface area contributed by atoms with Crippen LogP contribution in [0.4, 0.5) is 0 Å². The average Bonchev–Trinajstić information content (AvgIpc) is 3.21. The molecule has 2 aromatic heterocycles. The van der Waals surface area contributed by atoms with Crippen molar-refractivity contribution < 1.29 is 14.3 Å². The number of para-hydroxylation sites is 1. The second kappa shape index (κ2) is 4.19. The third kappa shape index (κ3) is 1.83. The van der Waals surface area contributed by atoms with Crippen LogP contribution < -0.4 is 0 Å². The Morgan fingerprint density at radius 1 is 1.19 bits per heavy atom. The summed E-state index contributed by atoms with van der Waals surface area (Å²) in [6.07, 6.45) is 3.03. The normalized spacial score (nSPS) is 16.0. The van der Waals surface area contributed by atoms with Gasteiger partial charge in [0.1, 0.15) is 11.3 Å². The maximum atomic E-state index is 11.3. The van der Waals surface area contributed by atoms with Crippen LogP contribution in [0.2, 0.25) is 0 Å². The predicted octanol–water partition coefficient (Wildman–Crippen LogP) is 3.61. The van der Waals surface area contributed by atoms with Crippen LogP contribution in [0.15, 0.2) is 53.1 Å². The fourth-order valence-electron chi connectivity index (χ4n) is 2.68. The van der Waals surface area contributed by atoms with Crippen molar-refractivity contribution in [2.24, 2.45) is 0 Å². The van der Waals surface area contributed by atoms with E-state index in [4.69, 9.17) is 4.42 Å². The van der Waals surface area contributed by atoms with E-state index in [1.54, 1.807) is 6.20 Å². The molecule has 4 heteroatoms. The van der Waals surface area contributed by atoms with E-state index in [1.807, 2.05) is 42.5 Å². The lowest BCUT2D eigenvalue weighted by Crippen LogP contribution is -2.19. The molecule has 0 aliphatic heterocycles. The highest BCUT2D eigenvalue weighted by atomic mass is 16.4. The maximum Gasteiger partial charge on any atom is 0.314 e. The molecule has 2 heterocycles. The molecule has 0 spiro atoms. The molecule has 21 heavy (non-hydrogen) atoms. The molecule has 3 aromatic rings. The first kappa shape index (κ1) is 12.1. The Hall–Kier alpha value is -2.62. The quantitative estimate of drug-likeness (QED) is 0.795. The van der Waals surface area contributed by atoms with E-state index >= 15 is 0 Å². The Labute approximate surface area is 121 Å². The third-order valence-electron chi connectivity index (χ3n) is 4.15. The second-order valence-electron chi connectivity index (χ2n) is 5.47. The SMILES string of the molecule is O=C(O)C1(c2ccc(-c3cc4ccccc4o3)nc2)CC1. The summed E-state index contributed by atoms with van der Waals surface area (Å²) in [5, 5.41) is 10.3. The zero-order valence-corrected chi connectivity index (χ0v) is 11.2. The smallest absolute Gasteiger partial charge is 0.314 e. The van der Waals surface area contributed by atoms with Crippen LogP contribution in [0.1, 0.15) is 18.4 Å². The molecule has 0 amide bonds. The minimum absolute atomic E-state index is 0.688. The summed E-state index contributed by atoms with van der Waals surface area (Å²) in [7, 11) is 0. The maximum absolute atomic E-state index is 11.3. The number of carboxylic acids is 1. The van der Waals surface area contributed by atoms with Gasteiger partial charge in [0, 0.05) is 11.6 Å². The lowest BCUT2D eigenvalue weighted by atomic mass is 9.98. The molecule has 4 rings (SSSR count). The molecule has 104 valence electrons. The molecule has 0 saturated heterocycles. The van der Waals surface area contributed by atoms with E-state index < -0.39 is 11.4 Å². The average molecular weight is 279 g/mol. The Morgan fingerprint density at radius 3 is 2.62 bits per heavy atom. The number of hydrogen-bond acceptors (Lipinski definition) is 3. The summed E-state index contributed by atoms with van der Waals surface area (Å²) in [6.45, 7) is 0. The van der Waals surface area contributed by atoms with Crippen molar-refractivity contribution in [3.63, 3.8) is 0 Å². The summed E-state index contributed by atoms with van der Waals surface area (Å²) in [5.74, 6) is -0.0660. The summed E-state index contributed by atoms with van der Waals surface area (Å²) in [5.41, 5.74) is 1.60. The van der Waals surface area contributed by atoms with E-state index in [1.165, 1.54) is 0 Å². The van der Waals surface area contributed by atoms with Crippen molar-refractivity contribution >= 4 is 16.9 Å². The number of nitrogens with zero attached hydrogens (tertiary/aromatic N) is 1. The Bertz CT molecular complexity index is 796. The fourth-order valence-corrected chi connectivity index (χ4v) is 2.68. The predicted molar refractivity (Wildman–Crippen MR) is 78.0 cm³/mol. The number of furan rings is 1. The lowest BCUT2D eigenvalue weighted by molar-refractivity contribution is -0.140. The van der Waals surface area contributed by atoms with Crippen molar-refractivity contribution in [3.05, 3.63) is 54.2 Å². The van der Waals surface area contributed by atoms with Gasteiger partial charge in [-0.3, -0.25) is 9.78 Å². The highest BCUT2D eigenvalue weighted by Crippen LogP contribution is 2.48. The van der Waals surface area contributed by atoms with Gasteiger partial charge in [-0.15, -0.1) is 0 Å². The highest BCUT2D eigenvalue weighted by molar-refractivity contribution is 5.85. The fraction of sp³-hybridized carbons (Fsp3) is 0.176. The highest BCUT2D eigenvalue weighted by Gasteiger charge is 2.51. The van der Waals surface area contributed by atoms with Crippen LogP contribution in [0.3, 0.4) is 0 Å². The molecule has 1 saturated carbocycles. The van der Waals surface area contributed by atoms with Gasteiger partial charge in [-0.2, -0.15) is 0 Å². The molecule has 4 nitrogen and oxygen atoms in total. The van der Waals surface area contributed by atoms with Crippen molar-refractivity contribution in [2.45, 2.75) is 18.3 Å². The van der Waals surface area contributed by atoms with Crippen LogP contribution >= 0.6 is 0 Å². The molecule has 1 fully saturated rings. The van der Waals surface area contributed by atoms with Crippen molar-refractivity contribution in [3.8, 4) is 11.5 Å². The first-order chi connectivity index (χ1) is 10.2. The minimum Gasteiger partial charge on any atom is -0.481 e. The molecule has 0 atom stereocenters. The molecule has 0 unspecified atom stereocenters. The summed E-state index contributed by atoms with van der Waals surface area (Å²) < 4.78 is 5.76. The summed E-state index contributed by atoms with van der Waals surface area (Å²) >= 11 is 0. The number of carbonyl (C=O) groups is 1. The Balaban J connectivity index is 1.72. The molecule has 0 radical (unpaired) electrons. The molecule has 1 aliphatic carbocycles. The van der Waals surface area contributed by atoms with Gasteiger partial charge in [0.05, 0.1) is 5.41 Å². The van der Waals surface area contributed by atoms with Gasteiger partial charge in [0.15, 0.2) is 5.76 Å².